The zero-order chi connectivity index (χ0) is 24.4. The lowest BCUT2D eigenvalue weighted by Crippen LogP contribution is -2.57. The van der Waals surface area contributed by atoms with Crippen LogP contribution in [0.15, 0.2) is 24.3 Å². The van der Waals surface area contributed by atoms with E-state index < -0.39 is 18.1 Å². The van der Waals surface area contributed by atoms with Gasteiger partial charge in [-0.25, -0.2) is 4.79 Å². The Morgan fingerprint density at radius 3 is 2.58 bits per heavy atom. The zero-order valence-corrected chi connectivity index (χ0v) is 21.7. The molecule has 1 aliphatic heterocycles. The molecule has 1 amide bonds. The Bertz CT molecular complexity index is 765. The topological polar surface area (TPSA) is 108 Å². The number of hydrogen-bond acceptors (Lipinski definition) is 7. The van der Waals surface area contributed by atoms with Crippen LogP contribution in [0, 0.1) is 5.92 Å². The summed E-state index contributed by atoms with van der Waals surface area (Å²) in [5.74, 6) is 0.509. The molecule has 1 heterocycles. The van der Waals surface area contributed by atoms with Crippen molar-refractivity contribution in [3.05, 3.63) is 35.4 Å². The normalized spacial score (nSPS) is 19.0. The van der Waals surface area contributed by atoms with Crippen molar-refractivity contribution in [1.29, 1.82) is 0 Å². The average molecular weight is 497 g/mol. The van der Waals surface area contributed by atoms with Gasteiger partial charge in [-0.05, 0) is 54.9 Å². The minimum Gasteiger partial charge on any atom is -0.480 e. The van der Waals surface area contributed by atoms with Gasteiger partial charge in [0.15, 0.2) is 0 Å². The van der Waals surface area contributed by atoms with Crippen LogP contribution in [-0.2, 0) is 22.6 Å². The highest BCUT2D eigenvalue weighted by atomic mass is 32.2. The second-order valence-electron chi connectivity index (χ2n) is 9.13. The molecule has 0 saturated heterocycles. The first-order valence-electron chi connectivity index (χ1n) is 11.7. The summed E-state index contributed by atoms with van der Waals surface area (Å²) in [5.41, 5.74) is 8.38. The van der Waals surface area contributed by atoms with Crippen molar-refractivity contribution < 1.29 is 14.7 Å². The van der Waals surface area contributed by atoms with Gasteiger partial charge in [0.1, 0.15) is 6.04 Å². The Labute approximate surface area is 208 Å². The maximum absolute atomic E-state index is 13.3. The maximum Gasteiger partial charge on any atom is 0.326 e. The summed E-state index contributed by atoms with van der Waals surface area (Å²) in [4.78, 5) is 27.2. The smallest absolute Gasteiger partial charge is 0.326 e. The van der Waals surface area contributed by atoms with E-state index >= 15 is 0 Å². The van der Waals surface area contributed by atoms with E-state index in [1.165, 1.54) is 5.56 Å². The van der Waals surface area contributed by atoms with Crippen LogP contribution in [0.3, 0.4) is 0 Å². The van der Waals surface area contributed by atoms with Crippen LogP contribution in [0.1, 0.15) is 37.8 Å². The quantitative estimate of drug-likeness (QED) is 0.251. The van der Waals surface area contributed by atoms with Crippen molar-refractivity contribution >= 4 is 36.3 Å². The van der Waals surface area contributed by atoms with E-state index in [0.717, 1.165) is 18.5 Å². The first kappa shape index (κ1) is 28.0. The third-order valence-corrected chi connectivity index (χ3v) is 7.38. The monoisotopic (exact) mass is 496 g/mol. The molecule has 1 aliphatic rings. The van der Waals surface area contributed by atoms with Crippen LogP contribution in [-0.4, -0.2) is 76.9 Å². The molecule has 0 saturated carbocycles. The summed E-state index contributed by atoms with van der Waals surface area (Å²) in [7, 11) is 0. The van der Waals surface area contributed by atoms with Gasteiger partial charge < -0.3 is 21.5 Å². The molecule has 0 aliphatic carbocycles. The molecule has 33 heavy (non-hydrogen) atoms. The fourth-order valence-electron chi connectivity index (χ4n) is 4.10. The highest BCUT2D eigenvalue weighted by Crippen LogP contribution is 2.25. The number of amides is 1. The van der Waals surface area contributed by atoms with Gasteiger partial charge in [0.2, 0.25) is 5.91 Å². The van der Waals surface area contributed by atoms with Gasteiger partial charge in [-0.15, -0.1) is 0 Å². The highest BCUT2D eigenvalue weighted by Gasteiger charge is 2.35. The second kappa shape index (κ2) is 14.2. The molecule has 0 fully saturated rings. The molecule has 9 heteroatoms. The van der Waals surface area contributed by atoms with Gasteiger partial charge in [-0.2, -0.15) is 24.4 Å². The fraction of sp³-hybridized carbons (Fsp3) is 0.667. The molecule has 4 atom stereocenters. The summed E-state index contributed by atoms with van der Waals surface area (Å²) < 4.78 is 0. The van der Waals surface area contributed by atoms with Crippen molar-refractivity contribution in [3.63, 3.8) is 0 Å². The molecule has 7 nitrogen and oxygen atoms in total. The van der Waals surface area contributed by atoms with Gasteiger partial charge in [0, 0.05) is 30.9 Å². The van der Waals surface area contributed by atoms with Crippen molar-refractivity contribution in [2.45, 2.75) is 63.8 Å². The predicted octanol–water partition coefficient (Wildman–Crippen LogP) is 2.00. The van der Waals surface area contributed by atoms with E-state index in [1.54, 1.807) is 11.8 Å². The maximum atomic E-state index is 13.3. The Morgan fingerprint density at radius 1 is 1.27 bits per heavy atom. The molecule has 2 rings (SSSR count). The number of hydrogen-bond donors (Lipinski definition) is 5. The molecule has 186 valence electrons. The van der Waals surface area contributed by atoms with Gasteiger partial charge in [0.25, 0.3) is 0 Å². The summed E-state index contributed by atoms with van der Waals surface area (Å²) in [5, 5.41) is 16.0. The van der Waals surface area contributed by atoms with Crippen LogP contribution >= 0.6 is 24.4 Å². The van der Waals surface area contributed by atoms with E-state index in [9.17, 15) is 14.7 Å². The van der Waals surface area contributed by atoms with Gasteiger partial charge in [-0.3, -0.25) is 9.69 Å². The summed E-state index contributed by atoms with van der Waals surface area (Å²) in [6.07, 6.45) is 3.76. The van der Waals surface area contributed by atoms with Crippen molar-refractivity contribution in [2.24, 2.45) is 11.7 Å². The SMILES string of the molecule is CSCC[C@H](NC(=O)C1Cc2ccccc2CN1CC(NCCC(N)CS)C(C)C)C(=O)O. The Kier molecular flexibility index (Phi) is 12.0. The first-order valence-corrected chi connectivity index (χ1v) is 13.7. The average Bonchev–Trinajstić information content (AvgIpc) is 2.79. The number of thiol groups is 1. The number of carboxylic acid groups (broad SMARTS) is 1. The van der Waals surface area contributed by atoms with Crippen LogP contribution in [0.5, 0.6) is 0 Å². The van der Waals surface area contributed by atoms with Crippen LogP contribution in [0.25, 0.3) is 0 Å². The summed E-state index contributed by atoms with van der Waals surface area (Å²) >= 11 is 5.84. The number of nitrogens with two attached hydrogens (primary N) is 1. The predicted molar refractivity (Wildman–Crippen MR) is 140 cm³/mol. The molecule has 3 unspecified atom stereocenters. The number of carbonyl (C=O) groups is 2. The number of carbonyl (C=O) groups excluding carboxylic acids is 1. The molecule has 0 aromatic heterocycles. The Balaban J connectivity index is 2.17. The minimum atomic E-state index is -0.984. The van der Waals surface area contributed by atoms with E-state index in [4.69, 9.17) is 5.73 Å². The molecule has 0 radical (unpaired) electrons. The molecular weight excluding hydrogens is 456 g/mol. The number of carboxylic acids is 1. The van der Waals surface area contributed by atoms with E-state index in [0.29, 0.717) is 43.4 Å². The van der Waals surface area contributed by atoms with Crippen LogP contribution < -0.4 is 16.4 Å². The van der Waals surface area contributed by atoms with Gasteiger partial charge in [0.05, 0.1) is 6.04 Å². The van der Waals surface area contributed by atoms with E-state index in [1.807, 2.05) is 18.4 Å². The lowest BCUT2D eigenvalue weighted by atomic mass is 9.91. The molecule has 0 bridgehead atoms. The molecule has 1 aromatic carbocycles. The number of thioether (sulfide) groups is 1. The Morgan fingerprint density at radius 2 is 1.97 bits per heavy atom. The zero-order valence-electron chi connectivity index (χ0n) is 20.0. The van der Waals surface area contributed by atoms with Crippen molar-refractivity contribution in [3.8, 4) is 0 Å². The van der Waals surface area contributed by atoms with Gasteiger partial charge >= 0.3 is 5.97 Å². The Hall–Kier alpha value is -1.26. The molecule has 0 spiro atoms. The van der Waals surface area contributed by atoms with E-state index in [-0.39, 0.29) is 18.0 Å². The summed E-state index contributed by atoms with van der Waals surface area (Å²) in [6, 6.07) is 7.16. The molecule has 1 aromatic rings. The number of nitrogens with one attached hydrogen (secondary N) is 2. The number of aliphatic carboxylic acids is 1. The number of rotatable bonds is 14. The largest absolute Gasteiger partial charge is 0.480 e. The second-order valence-corrected chi connectivity index (χ2v) is 10.5. The fourth-order valence-corrected chi connectivity index (χ4v) is 4.75. The first-order chi connectivity index (χ1) is 15.8. The third kappa shape index (κ3) is 8.79. The minimum absolute atomic E-state index is 0.0586. The highest BCUT2D eigenvalue weighted by molar-refractivity contribution is 7.98. The van der Waals surface area contributed by atoms with Crippen molar-refractivity contribution in [2.75, 3.05) is 30.9 Å². The number of nitrogens with zero attached hydrogens (tertiary/aromatic N) is 1. The van der Waals surface area contributed by atoms with Crippen molar-refractivity contribution in [1.82, 2.24) is 15.5 Å². The van der Waals surface area contributed by atoms with Gasteiger partial charge in [-0.1, -0.05) is 38.1 Å². The van der Waals surface area contributed by atoms with Crippen LogP contribution in [0.2, 0.25) is 0 Å². The third-order valence-electron chi connectivity index (χ3n) is 6.27. The molecular formula is C24H40N4O3S2. The lowest BCUT2D eigenvalue weighted by Gasteiger charge is -2.39. The number of fused-ring (bicyclic) bond motifs is 1. The van der Waals surface area contributed by atoms with E-state index in [2.05, 4.69) is 54.1 Å². The lowest BCUT2D eigenvalue weighted by molar-refractivity contribution is -0.143. The van der Waals surface area contributed by atoms with Crippen LogP contribution in [0.4, 0.5) is 0 Å². The number of benzene rings is 1. The summed E-state index contributed by atoms with van der Waals surface area (Å²) in [6.45, 7) is 6.50. The standard InChI is InChI=1S/C24H40N4O3S2/c1-16(2)21(26-10-8-19(25)15-32)14-28-13-18-7-5-4-6-17(18)12-22(28)23(29)27-20(24(30)31)9-11-33-3/h4-7,16,19-22,26,32H,8-15,25H2,1-3H3,(H,27,29)(H,30,31)/t19?,20-,21?,22?/m0/s1. The molecule has 5 N–H and O–H groups in total.